The molecule has 1 aliphatic rings. The van der Waals surface area contributed by atoms with E-state index in [-0.39, 0.29) is 17.8 Å². The first-order valence-corrected chi connectivity index (χ1v) is 11.3. The molecule has 0 amide bonds. The Morgan fingerprint density at radius 1 is 1.18 bits per heavy atom. The maximum Gasteiger partial charge on any atom is 0.238 e. The van der Waals surface area contributed by atoms with Crippen molar-refractivity contribution in [2.75, 3.05) is 14.2 Å². The minimum Gasteiger partial charge on any atom is -0.479 e. The van der Waals surface area contributed by atoms with Crippen LogP contribution >= 0.6 is 0 Å². The third-order valence-corrected chi connectivity index (χ3v) is 4.42. The second kappa shape index (κ2) is 16.3. The van der Waals surface area contributed by atoms with Gasteiger partial charge in [0.25, 0.3) is 0 Å². The van der Waals surface area contributed by atoms with Crippen LogP contribution in [-0.2, 0) is 9.47 Å². The fraction of sp³-hybridized carbons (Fsp3) is 0.370. The second-order valence-electron chi connectivity index (χ2n) is 6.54. The van der Waals surface area contributed by atoms with Crippen molar-refractivity contribution in [3.05, 3.63) is 72.7 Å². The van der Waals surface area contributed by atoms with Gasteiger partial charge in [-0.1, -0.05) is 70.7 Å². The number of aliphatic imine (C=N–C) groups is 1. The normalized spacial score (nSPS) is 14.8. The SMILES string of the molecule is C=CC1=NC(OC)=C(c2cccc(/C=C/CCC(=N)OC(C)=N)c2)N(C)C1C=C.CC.CC. The van der Waals surface area contributed by atoms with Crippen LogP contribution in [0.1, 0.15) is 58.6 Å². The summed E-state index contributed by atoms with van der Waals surface area (Å²) in [6.45, 7) is 17.3. The molecule has 33 heavy (non-hydrogen) atoms. The monoisotopic (exact) mass is 452 g/mol. The van der Waals surface area contributed by atoms with Crippen LogP contribution in [0.2, 0.25) is 0 Å². The van der Waals surface area contributed by atoms with Gasteiger partial charge >= 0.3 is 0 Å². The lowest BCUT2D eigenvalue weighted by Gasteiger charge is -2.34. The zero-order valence-corrected chi connectivity index (χ0v) is 21.2. The molecule has 1 atom stereocenters. The highest BCUT2D eigenvalue weighted by atomic mass is 16.5. The van der Waals surface area contributed by atoms with Crippen molar-refractivity contribution < 1.29 is 9.47 Å². The molecule has 0 aliphatic carbocycles. The highest BCUT2D eigenvalue weighted by molar-refractivity contribution is 6.03. The van der Waals surface area contributed by atoms with Crippen molar-refractivity contribution in [3.63, 3.8) is 0 Å². The number of nitrogens with one attached hydrogen (secondary N) is 2. The number of hydrogen-bond acceptors (Lipinski definition) is 6. The van der Waals surface area contributed by atoms with Gasteiger partial charge in [-0.15, -0.1) is 6.58 Å². The minimum absolute atomic E-state index is 0.0330. The molecule has 1 heterocycles. The van der Waals surface area contributed by atoms with Gasteiger partial charge in [0, 0.05) is 26.0 Å². The molecule has 0 aromatic heterocycles. The molecule has 0 radical (unpaired) electrons. The number of benzene rings is 1. The molecule has 6 heteroatoms. The Bertz CT molecular complexity index is 897. The summed E-state index contributed by atoms with van der Waals surface area (Å²) in [6.07, 6.45) is 8.67. The molecule has 0 spiro atoms. The molecule has 0 bridgehead atoms. The summed E-state index contributed by atoms with van der Waals surface area (Å²) >= 11 is 0. The Hall–Kier alpha value is -3.41. The van der Waals surface area contributed by atoms with Gasteiger partial charge in [-0.3, -0.25) is 10.8 Å². The van der Waals surface area contributed by atoms with Gasteiger partial charge in [-0.05, 0) is 24.1 Å². The fourth-order valence-electron chi connectivity index (χ4n) is 3.10. The summed E-state index contributed by atoms with van der Waals surface area (Å²) in [6, 6.07) is 8.02. The van der Waals surface area contributed by atoms with Gasteiger partial charge in [0.15, 0.2) is 11.8 Å². The Morgan fingerprint density at radius 2 is 1.85 bits per heavy atom. The van der Waals surface area contributed by atoms with E-state index in [1.54, 1.807) is 13.2 Å². The molecule has 2 rings (SSSR count). The van der Waals surface area contributed by atoms with Crippen LogP contribution in [0.15, 0.2) is 66.5 Å². The number of hydrogen-bond donors (Lipinski definition) is 2. The molecule has 0 fully saturated rings. The van der Waals surface area contributed by atoms with Gasteiger partial charge in [-0.25, -0.2) is 4.99 Å². The lowest BCUT2D eigenvalue weighted by molar-refractivity contribution is 0.275. The van der Waals surface area contributed by atoms with E-state index in [9.17, 15) is 0 Å². The quantitative estimate of drug-likeness (QED) is 0.255. The van der Waals surface area contributed by atoms with E-state index in [0.717, 1.165) is 22.5 Å². The minimum atomic E-state index is -0.0797. The number of likely N-dealkylation sites (N-methyl/N-ethyl adjacent to an activating group) is 1. The van der Waals surface area contributed by atoms with Crippen LogP contribution in [0.4, 0.5) is 0 Å². The first-order chi connectivity index (χ1) is 15.9. The van der Waals surface area contributed by atoms with Crippen LogP contribution in [0.5, 0.6) is 0 Å². The van der Waals surface area contributed by atoms with Gasteiger partial charge in [-0.2, -0.15) is 0 Å². The average molecular weight is 453 g/mol. The standard InChI is InChI=1S/C23H28N4O2.2C2H6/c1-6-19-20(7-2)27(4)22(23(26-19)28-5)18-13-10-12-17(15-18)11-8-9-14-21(25)29-16(3)24;2*1-2/h6-8,10-13,15,20,24-25H,1-2,9,14H2,3-5H3;2*1-2H3/b11-8+,24-16?,25-21?;;. The van der Waals surface area contributed by atoms with Crippen LogP contribution in [0.25, 0.3) is 11.8 Å². The molecule has 1 unspecified atom stereocenters. The van der Waals surface area contributed by atoms with Crippen molar-refractivity contribution in [2.24, 2.45) is 4.99 Å². The second-order valence-corrected chi connectivity index (χ2v) is 6.54. The number of allylic oxidation sites excluding steroid dienone is 1. The number of nitrogens with zero attached hydrogens (tertiary/aromatic N) is 2. The topological polar surface area (TPSA) is 81.8 Å². The van der Waals surface area contributed by atoms with E-state index in [4.69, 9.17) is 20.3 Å². The predicted octanol–water partition coefficient (Wildman–Crippen LogP) is 6.92. The Kier molecular flexibility index (Phi) is 14.6. The molecule has 1 aromatic rings. The van der Waals surface area contributed by atoms with Gasteiger partial charge in [0.05, 0.1) is 18.9 Å². The Balaban J connectivity index is 0.00000242. The zero-order valence-electron chi connectivity index (χ0n) is 21.2. The van der Waals surface area contributed by atoms with Crippen molar-refractivity contribution in [1.82, 2.24) is 4.90 Å². The zero-order chi connectivity index (χ0) is 25.4. The van der Waals surface area contributed by atoms with Crippen LogP contribution in [-0.4, -0.2) is 42.6 Å². The van der Waals surface area contributed by atoms with Crippen molar-refractivity contribution in [1.29, 1.82) is 10.8 Å². The van der Waals surface area contributed by atoms with E-state index < -0.39 is 0 Å². The van der Waals surface area contributed by atoms with Gasteiger partial charge < -0.3 is 14.4 Å². The molecular formula is C27H40N4O2. The smallest absolute Gasteiger partial charge is 0.238 e. The van der Waals surface area contributed by atoms with E-state index in [1.165, 1.54) is 6.92 Å². The predicted molar refractivity (Wildman–Crippen MR) is 143 cm³/mol. The molecule has 1 aliphatic heterocycles. The molecular weight excluding hydrogens is 412 g/mol. The number of ether oxygens (including phenoxy) is 2. The van der Waals surface area contributed by atoms with Gasteiger partial charge in [0.1, 0.15) is 5.70 Å². The number of methoxy groups -OCH3 is 1. The third-order valence-electron chi connectivity index (χ3n) is 4.42. The van der Waals surface area contributed by atoms with E-state index >= 15 is 0 Å². The van der Waals surface area contributed by atoms with E-state index in [2.05, 4.69) is 29.1 Å². The van der Waals surface area contributed by atoms with Crippen LogP contribution in [0, 0.1) is 10.8 Å². The summed E-state index contributed by atoms with van der Waals surface area (Å²) in [7, 11) is 3.59. The highest BCUT2D eigenvalue weighted by Crippen LogP contribution is 2.30. The maximum absolute atomic E-state index is 7.66. The van der Waals surface area contributed by atoms with Crippen LogP contribution in [0.3, 0.4) is 0 Å². The first kappa shape index (κ1) is 29.6. The molecule has 6 nitrogen and oxygen atoms in total. The average Bonchev–Trinajstić information content (AvgIpc) is 2.83. The largest absolute Gasteiger partial charge is 0.479 e. The van der Waals surface area contributed by atoms with Crippen molar-refractivity contribution >= 4 is 29.3 Å². The summed E-state index contributed by atoms with van der Waals surface area (Å²) in [5, 5.41) is 14.9. The summed E-state index contributed by atoms with van der Waals surface area (Å²) < 4.78 is 10.5. The van der Waals surface area contributed by atoms with E-state index in [1.807, 2.05) is 71.2 Å². The highest BCUT2D eigenvalue weighted by Gasteiger charge is 2.27. The van der Waals surface area contributed by atoms with Crippen LogP contribution < -0.4 is 0 Å². The Labute approximate surface area is 200 Å². The van der Waals surface area contributed by atoms with Gasteiger partial charge in [0.2, 0.25) is 5.88 Å². The molecule has 2 N–H and O–H groups in total. The summed E-state index contributed by atoms with van der Waals surface area (Å²) in [4.78, 5) is 6.68. The fourth-order valence-corrected chi connectivity index (χ4v) is 3.10. The lowest BCUT2D eigenvalue weighted by atomic mass is 10.0. The Morgan fingerprint density at radius 3 is 2.39 bits per heavy atom. The third kappa shape index (κ3) is 8.93. The van der Waals surface area contributed by atoms with Crippen molar-refractivity contribution in [3.8, 4) is 0 Å². The number of rotatable bonds is 8. The van der Waals surface area contributed by atoms with E-state index in [0.29, 0.717) is 18.7 Å². The molecule has 1 aromatic carbocycles. The maximum atomic E-state index is 7.66. The molecule has 0 saturated heterocycles. The first-order valence-electron chi connectivity index (χ1n) is 11.3. The molecule has 180 valence electrons. The summed E-state index contributed by atoms with van der Waals surface area (Å²) in [5.41, 5.74) is 3.70. The lowest BCUT2D eigenvalue weighted by Crippen LogP contribution is -2.38. The summed E-state index contributed by atoms with van der Waals surface area (Å²) in [5.74, 6) is 0.667. The van der Waals surface area contributed by atoms with Crippen molar-refractivity contribution in [2.45, 2.75) is 53.5 Å². The molecule has 0 saturated carbocycles.